The summed E-state index contributed by atoms with van der Waals surface area (Å²) in [6.07, 6.45) is 1.20. The molecule has 0 saturated carbocycles. The van der Waals surface area contributed by atoms with Crippen molar-refractivity contribution in [3.05, 3.63) is 28.5 Å². The molecule has 0 radical (unpaired) electrons. The Hall–Kier alpha value is -0.980. The second kappa shape index (κ2) is 8.18. The van der Waals surface area contributed by atoms with E-state index in [0.29, 0.717) is 29.9 Å². The molecule has 1 amide bonds. The molecule has 1 aromatic heterocycles. The van der Waals surface area contributed by atoms with E-state index in [1.165, 1.54) is 0 Å². The van der Waals surface area contributed by atoms with Gasteiger partial charge in [-0.15, -0.1) is 0 Å². The Kier molecular flexibility index (Phi) is 6.85. The maximum atomic E-state index is 11.9. The highest BCUT2D eigenvalue weighted by Crippen LogP contribution is 2.12. The highest BCUT2D eigenvalue weighted by Gasteiger charge is 2.13. The first-order valence-electron chi connectivity index (χ1n) is 5.81. The Bertz CT molecular complexity index is 381. The molecule has 1 rings (SSSR count). The van der Waals surface area contributed by atoms with E-state index < -0.39 is 6.29 Å². The molecule has 18 heavy (non-hydrogen) atoms. The number of rotatable bonds is 7. The minimum absolute atomic E-state index is 0.209. The molecule has 0 saturated heterocycles. The van der Waals surface area contributed by atoms with Crippen LogP contribution in [0, 0.1) is 0 Å². The Labute approximate surface area is 115 Å². The Morgan fingerprint density at radius 3 is 2.67 bits per heavy atom. The van der Waals surface area contributed by atoms with Gasteiger partial charge in [-0.3, -0.25) is 4.79 Å². The first-order chi connectivity index (χ1) is 8.69. The zero-order chi connectivity index (χ0) is 13.4. The number of hydrogen-bond donors (Lipinski definition) is 1. The SMILES string of the molecule is CCOC(CNC(=O)c1cccnc1Br)OCC. The van der Waals surface area contributed by atoms with Crippen LogP contribution in [0.1, 0.15) is 24.2 Å². The maximum Gasteiger partial charge on any atom is 0.254 e. The minimum atomic E-state index is -0.417. The van der Waals surface area contributed by atoms with Crippen molar-refractivity contribution in [2.24, 2.45) is 0 Å². The van der Waals surface area contributed by atoms with Crippen LogP contribution in [-0.2, 0) is 9.47 Å². The zero-order valence-corrected chi connectivity index (χ0v) is 12.1. The van der Waals surface area contributed by atoms with E-state index in [-0.39, 0.29) is 5.91 Å². The zero-order valence-electron chi connectivity index (χ0n) is 10.5. The fourth-order valence-corrected chi connectivity index (χ4v) is 1.79. The highest BCUT2D eigenvalue weighted by molar-refractivity contribution is 9.10. The molecule has 0 bridgehead atoms. The van der Waals surface area contributed by atoms with Crippen molar-refractivity contribution in [2.75, 3.05) is 19.8 Å². The first kappa shape index (κ1) is 15.1. The van der Waals surface area contributed by atoms with Crippen LogP contribution in [0.15, 0.2) is 22.9 Å². The van der Waals surface area contributed by atoms with Crippen LogP contribution in [0.4, 0.5) is 0 Å². The summed E-state index contributed by atoms with van der Waals surface area (Å²) in [7, 11) is 0. The maximum absolute atomic E-state index is 11.9. The molecule has 1 aromatic rings. The van der Waals surface area contributed by atoms with E-state index in [4.69, 9.17) is 9.47 Å². The Morgan fingerprint density at radius 2 is 2.11 bits per heavy atom. The van der Waals surface area contributed by atoms with E-state index in [0.717, 1.165) is 0 Å². The summed E-state index contributed by atoms with van der Waals surface area (Å²) in [6.45, 7) is 5.15. The van der Waals surface area contributed by atoms with Gasteiger partial charge in [0.05, 0.1) is 12.1 Å². The van der Waals surface area contributed by atoms with Gasteiger partial charge in [0.1, 0.15) is 4.60 Å². The fourth-order valence-electron chi connectivity index (χ4n) is 1.36. The van der Waals surface area contributed by atoms with Gasteiger partial charge in [0.15, 0.2) is 6.29 Å². The Morgan fingerprint density at radius 1 is 1.44 bits per heavy atom. The molecule has 1 heterocycles. The minimum Gasteiger partial charge on any atom is -0.351 e. The molecular formula is C12H17BrN2O3. The lowest BCUT2D eigenvalue weighted by atomic mass is 10.3. The van der Waals surface area contributed by atoms with E-state index in [9.17, 15) is 4.79 Å². The quantitative estimate of drug-likeness (QED) is 0.617. The number of pyridine rings is 1. The molecule has 0 aliphatic carbocycles. The number of amides is 1. The lowest BCUT2D eigenvalue weighted by molar-refractivity contribution is -0.131. The van der Waals surface area contributed by atoms with Gasteiger partial charge < -0.3 is 14.8 Å². The number of nitrogens with zero attached hydrogens (tertiary/aromatic N) is 1. The van der Waals surface area contributed by atoms with Crippen LogP contribution in [0.25, 0.3) is 0 Å². The average Bonchev–Trinajstić information content (AvgIpc) is 2.36. The molecule has 6 heteroatoms. The largest absolute Gasteiger partial charge is 0.351 e. The number of carbonyl (C=O) groups is 1. The lowest BCUT2D eigenvalue weighted by Gasteiger charge is -2.17. The topological polar surface area (TPSA) is 60.5 Å². The number of halogens is 1. The predicted octanol–water partition coefficient (Wildman–Crippen LogP) is 1.97. The fraction of sp³-hybridized carbons (Fsp3) is 0.500. The van der Waals surface area contributed by atoms with Gasteiger partial charge in [0.2, 0.25) is 0 Å². The van der Waals surface area contributed by atoms with Gasteiger partial charge in [-0.1, -0.05) is 0 Å². The lowest BCUT2D eigenvalue weighted by Crippen LogP contribution is -2.35. The molecule has 0 aliphatic rings. The number of aromatic nitrogens is 1. The number of carbonyl (C=O) groups excluding carboxylic acids is 1. The summed E-state index contributed by atoms with van der Waals surface area (Å²) in [5.41, 5.74) is 0.490. The summed E-state index contributed by atoms with van der Waals surface area (Å²) in [5, 5.41) is 2.75. The molecule has 0 aliphatic heterocycles. The number of hydrogen-bond acceptors (Lipinski definition) is 4. The van der Waals surface area contributed by atoms with Crippen LogP contribution in [-0.4, -0.2) is 36.9 Å². The van der Waals surface area contributed by atoms with E-state index in [2.05, 4.69) is 26.2 Å². The third-order valence-corrected chi connectivity index (χ3v) is 2.77. The van der Waals surface area contributed by atoms with Crippen molar-refractivity contribution < 1.29 is 14.3 Å². The van der Waals surface area contributed by atoms with Crippen LogP contribution >= 0.6 is 15.9 Å². The number of nitrogens with one attached hydrogen (secondary N) is 1. The van der Waals surface area contributed by atoms with Gasteiger partial charge in [-0.2, -0.15) is 0 Å². The molecule has 1 N–H and O–H groups in total. The van der Waals surface area contributed by atoms with Crippen molar-refractivity contribution >= 4 is 21.8 Å². The second-order valence-corrected chi connectivity index (χ2v) is 4.14. The van der Waals surface area contributed by atoms with Gasteiger partial charge in [-0.05, 0) is 41.9 Å². The van der Waals surface area contributed by atoms with Crippen molar-refractivity contribution in [1.29, 1.82) is 0 Å². The van der Waals surface area contributed by atoms with Gasteiger partial charge in [0.25, 0.3) is 5.91 Å². The second-order valence-electron chi connectivity index (χ2n) is 3.39. The smallest absolute Gasteiger partial charge is 0.254 e. The van der Waals surface area contributed by atoms with Crippen LogP contribution in [0.2, 0.25) is 0 Å². The summed E-state index contributed by atoms with van der Waals surface area (Å²) in [6, 6.07) is 3.41. The van der Waals surface area contributed by atoms with Crippen molar-refractivity contribution in [3.8, 4) is 0 Å². The number of ether oxygens (including phenoxy) is 2. The van der Waals surface area contributed by atoms with E-state index in [1.807, 2.05) is 13.8 Å². The standard InChI is InChI=1S/C12H17BrN2O3/c1-3-17-10(18-4-2)8-15-12(16)9-6-5-7-14-11(9)13/h5-7,10H,3-4,8H2,1-2H3,(H,15,16). The normalized spacial score (nSPS) is 10.7. The monoisotopic (exact) mass is 316 g/mol. The third-order valence-electron chi connectivity index (χ3n) is 2.14. The molecule has 100 valence electrons. The summed E-state index contributed by atoms with van der Waals surface area (Å²) in [4.78, 5) is 15.9. The molecule has 0 unspecified atom stereocenters. The molecule has 0 aromatic carbocycles. The third kappa shape index (κ3) is 4.72. The van der Waals surface area contributed by atoms with Crippen LogP contribution in [0.5, 0.6) is 0 Å². The molecule has 0 spiro atoms. The van der Waals surface area contributed by atoms with Gasteiger partial charge in [0, 0.05) is 19.4 Å². The van der Waals surface area contributed by atoms with Gasteiger partial charge >= 0.3 is 0 Å². The van der Waals surface area contributed by atoms with Gasteiger partial charge in [-0.25, -0.2) is 4.98 Å². The van der Waals surface area contributed by atoms with Crippen molar-refractivity contribution in [3.63, 3.8) is 0 Å². The summed E-state index contributed by atoms with van der Waals surface area (Å²) >= 11 is 3.23. The predicted molar refractivity (Wildman–Crippen MR) is 71.3 cm³/mol. The highest BCUT2D eigenvalue weighted by atomic mass is 79.9. The molecular weight excluding hydrogens is 300 g/mol. The van der Waals surface area contributed by atoms with Crippen molar-refractivity contribution in [1.82, 2.24) is 10.3 Å². The molecule has 5 nitrogen and oxygen atoms in total. The first-order valence-corrected chi connectivity index (χ1v) is 6.60. The summed E-state index contributed by atoms with van der Waals surface area (Å²) < 4.78 is 11.2. The van der Waals surface area contributed by atoms with Crippen LogP contribution < -0.4 is 5.32 Å². The van der Waals surface area contributed by atoms with Crippen molar-refractivity contribution in [2.45, 2.75) is 20.1 Å². The molecule has 0 atom stereocenters. The van der Waals surface area contributed by atoms with E-state index in [1.54, 1.807) is 18.3 Å². The van der Waals surface area contributed by atoms with Crippen LogP contribution in [0.3, 0.4) is 0 Å². The van der Waals surface area contributed by atoms with E-state index >= 15 is 0 Å². The summed E-state index contributed by atoms with van der Waals surface area (Å²) in [5.74, 6) is -0.209. The molecule has 0 fully saturated rings. The average molecular weight is 317 g/mol. The Balaban J connectivity index is 2.52.